The first kappa shape index (κ1) is 16.9. The van der Waals surface area contributed by atoms with Gasteiger partial charge in [0.1, 0.15) is 11.6 Å². The Balaban J connectivity index is 1.93. The van der Waals surface area contributed by atoms with Gasteiger partial charge in [0.05, 0.1) is 18.6 Å². The summed E-state index contributed by atoms with van der Waals surface area (Å²) in [5.74, 6) is -0.429. The molecular weight excluding hydrogens is 323 g/mol. The highest BCUT2D eigenvalue weighted by molar-refractivity contribution is 7.89. The summed E-state index contributed by atoms with van der Waals surface area (Å²) < 4.78 is 43.8. The van der Waals surface area contributed by atoms with E-state index in [0.717, 1.165) is 24.3 Å². The van der Waals surface area contributed by atoms with Crippen LogP contribution in [0.15, 0.2) is 53.4 Å². The van der Waals surface area contributed by atoms with Gasteiger partial charge in [-0.1, -0.05) is 0 Å². The summed E-state index contributed by atoms with van der Waals surface area (Å²) >= 11 is 0. The second-order valence-corrected chi connectivity index (χ2v) is 6.32. The minimum atomic E-state index is -3.87. The van der Waals surface area contributed by atoms with Gasteiger partial charge in [0, 0.05) is 5.69 Å². The molecule has 0 bridgehead atoms. The fourth-order valence-corrected chi connectivity index (χ4v) is 2.72. The zero-order valence-corrected chi connectivity index (χ0v) is 13.1. The predicted molar refractivity (Wildman–Crippen MR) is 83.2 cm³/mol. The van der Waals surface area contributed by atoms with Gasteiger partial charge in [-0.05, 0) is 48.5 Å². The molecule has 1 amide bonds. The van der Waals surface area contributed by atoms with Crippen LogP contribution in [-0.4, -0.2) is 28.0 Å². The van der Waals surface area contributed by atoms with E-state index in [4.69, 9.17) is 4.74 Å². The van der Waals surface area contributed by atoms with Crippen molar-refractivity contribution in [2.24, 2.45) is 0 Å². The number of rotatable bonds is 6. The Morgan fingerprint density at radius 3 is 2.26 bits per heavy atom. The minimum Gasteiger partial charge on any atom is -0.497 e. The largest absolute Gasteiger partial charge is 0.497 e. The summed E-state index contributed by atoms with van der Waals surface area (Å²) in [4.78, 5) is 11.7. The third-order valence-electron chi connectivity index (χ3n) is 2.92. The number of methoxy groups -OCH3 is 1. The quantitative estimate of drug-likeness (QED) is 0.840. The van der Waals surface area contributed by atoms with E-state index in [1.165, 1.54) is 7.11 Å². The second kappa shape index (κ2) is 7.21. The molecule has 6 nitrogen and oxygen atoms in total. The summed E-state index contributed by atoms with van der Waals surface area (Å²) in [6.45, 7) is -0.439. The van der Waals surface area contributed by atoms with Crippen LogP contribution >= 0.6 is 0 Å². The standard InChI is InChI=1S/C15H15FN2O4S/c1-22-13-6-4-12(5-7-13)18-15(19)10-17-23(20,21)14-8-2-11(16)3-9-14/h2-9,17H,10H2,1H3,(H,18,19). The van der Waals surface area contributed by atoms with Crippen molar-refractivity contribution >= 4 is 21.6 Å². The lowest BCUT2D eigenvalue weighted by Crippen LogP contribution is -2.32. The fourth-order valence-electron chi connectivity index (χ4n) is 1.74. The number of amides is 1. The molecule has 2 aromatic carbocycles. The Hall–Kier alpha value is -2.45. The molecule has 0 saturated carbocycles. The van der Waals surface area contributed by atoms with Gasteiger partial charge >= 0.3 is 0 Å². The molecule has 0 saturated heterocycles. The molecule has 0 unspecified atom stereocenters. The summed E-state index contributed by atoms with van der Waals surface area (Å²) in [7, 11) is -2.35. The number of anilines is 1. The Morgan fingerprint density at radius 2 is 1.70 bits per heavy atom. The summed E-state index contributed by atoms with van der Waals surface area (Å²) in [6, 6.07) is 10.9. The van der Waals surface area contributed by atoms with Crippen molar-refractivity contribution in [1.82, 2.24) is 4.72 Å². The van der Waals surface area contributed by atoms with Crippen molar-refractivity contribution < 1.29 is 22.3 Å². The molecule has 2 aromatic rings. The number of hydrogen-bond acceptors (Lipinski definition) is 4. The van der Waals surface area contributed by atoms with Gasteiger partial charge in [-0.3, -0.25) is 4.79 Å². The van der Waals surface area contributed by atoms with E-state index in [0.29, 0.717) is 11.4 Å². The van der Waals surface area contributed by atoms with Crippen LogP contribution in [0.5, 0.6) is 5.75 Å². The second-order valence-electron chi connectivity index (χ2n) is 4.56. The minimum absolute atomic E-state index is 0.115. The Labute approximate surface area is 133 Å². The highest BCUT2D eigenvalue weighted by Crippen LogP contribution is 2.15. The van der Waals surface area contributed by atoms with Crippen molar-refractivity contribution in [2.45, 2.75) is 4.90 Å². The molecule has 2 rings (SSSR count). The molecule has 2 N–H and O–H groups in total. The lowest BCUT2D eigenvalue weighted by atomic mass is 10.3. The molecule has 122 valence electrons. The molecule has 0 radical (unpaired) electrons. The molecule has 0 aliphatic heterocycles. The lowest BCUT2D eigenvalue weighted by Gasteiger charge is -2.08. The number of hydrogen-bond donors (Lipinski definition) is 2. The summed E-state index contributed by atoms with van der Waals surface area (Å²) in [5.41, 5.74) is 0.511. The van der Waals surface area contributed by atoms with Crippen LogP contribution in [0.2, 0.25) is 0 Å². The van der Waals surface area contributed by atoms with Gasteiger partial charge in [0.15, 0.2) is 0 Å². The summed E-state index contributed by atoms with van der Waals surface area (Å²) in [5, 5.41) is 2.54. The topological polar surface area (TPSA) is 84.5 Å². The van der Waals surface area contributed by atoms with E-state index in [2.05, 4.69) is 10.0 Å². The van der Waals surface area contributed by atoms with Crippen molar-refractivity contribution in [2.75, 3.05) is 19.0 Å². The molecule has 0 spiro atoms. The zero-order chi connectivity index (χ0) is 16.9. The molecule has 0 heterocycles. The Morgan fingerprint density at radius 1 is 1.09 bits per heavy atom. The van der Waals surface area contributed by atoms with Crippen LogP contribution < -0.4 is 14.8 Å². The molecule has 0 aliphatic rings. The van der Waals surface area contributed by atoms with Crippen molar-refractivity contribution in [3.63, 3.8) is 0 Å². The molecule has 0 fully saturated rings. The zero-order valence-electron chi connectivity index (χ0n) is 12.2. The molecule has 0 atom stereocenters. The Bertz CT molecular complexity index is 774. The number of halogens is 1. The Kier molecular flexibility index (Phi) is 5.30. The number of carbonyl (C=O) groups excluding carboxylic acids is 1. The van der Waals surface area contributed by atoms with Gasteiger partial charge < -0.3 is 10.1 Å². The monoisotopic (exact) mass is 338 g/mol. The van der Waals surface area contributed by atoms with Crippen LogP contribution in [0, 0.1) is 5.82 Å². The molecule has 0 aliphatic carbocycles. The molecule has 23 heavy (non-hydrogen) atoms. The van der Waals surface area contributed by atoms with Gasteiger partial charge in [-0.25, -0.2) is 17.5 Å². The van der Waals surface area contributed by atoms with Crippen molar-refractivity contribution in [1.29, 1.82) is 0 Å². The van der Waals surface area contributed by atoms with E-state index in [1.54, 1.807) is 24.3 Å². The maximum atomic E-state index is 12.8. The number of carbonyl (C=O) groups is 1. The fraction of sp³-hybridized carbons (Fsp3) is 0.133. The van der Waals surface area contributed by atoms with Gasteiger partial charge in [0.2, 0.25) is 15.9 Å². The SMILES string of the molecule is COc1ccc(NC(=O)CNS(=O)(=O)c2ccc(F)cc2)cc1. The number of ether oxygens (including phenoxy) is 1. The first-order chi connectivity index (χ1) is 10.9. The van der Waals surface area contributed by atoms with Crippen LogP contribution in [0.3, 0.4) is 0 Å². The average Bonchev–Trinajstić information content (AvgIpc) is 2.54. The van der Waals surface area contributed by atoms with Gasteiger partial charge in [-0.15, -0.1) is 0 Å². The maximum absolute atomic E-state index is 12.8. The van der Waals surface area contributed by atoms with Crippen molar-refractivity contribution in [3.8, 4) is 5.75 Å². The van der Waals surface area contributed by atoms with E-state index in [-0.39, 0.29) is 4.90 Å². The smallest absolute Gasteiger partial charge is 0.241 e. The molecule has 0 aromatic heterocycles. The number of nitrogens with one attached hydrogen (secondary N) is 2. The third-order valence-corrected chi connectivity index (χ3v) is 4.34. The normalized spacial score (nSPS) is 11.0. The van der Waals surface area contributed by atoms with E-state index >= 15 is 0 Å². The summed E-state index contributed by atoms with van der Waals surface area (Å²) in [6.07, 6.45) is 0. The number of sulfonamides is 1. The van der Waals surface area contributed by atoms with Gasteiger partial charge in [0.25, 0.3) is 0 Å². The highest BCUT2D eigenvalue weighted by atomic mass is 32.2. The van der Waals surface area contributed by atoms with Crippen molar-refractivity contribution in [3.05, 3.63) is 54.3 Å². The van der Waals surface area contributed by atoms with E-state index in [9.17, 15) is 17.6 Å². The van der Waals surface area contributed by atoms with E-state index in [1.807, 2.05) is 0 Å². The average molecular weight is 338 g/mol. The van der Waals surface area contributed by atoms with Crippen LogP contribution in [-0.2, 0) is 14.8 Å². The first-order valence-corrected chi connectivity index (χ1v) is 8.08. The van der Waals surface area contributed by atoms with Crippen LogP contribution in [0.1, 0.15) is 0 Å². The maximum Gasteiger partial charge on any atom is 0.241 e. The lowest BCUT2D eigenvalue weighted by molar-refractivity contribution is -0.115. The third kappa shape index (κ3) is 4.76. The van der Waals surface area contributed by atoms with Gasteiger partial charge in [-0.2, -0.15) is 0 Å². The van der Waals surface area contributed by atoms with Crippen LogP contribution in [0.25, 0.3) is 0 Å². The highest BCUT2D eigenvalue weighted by Gasteiger charge is 2.15. The molecular formula is C15H15FN2O4S. The van der Waals surface area contributed by atoms with Crippen LogP contribution in [0.4, 0.5) is 10.1 Å². The number of benzene rings is 2. The first-order valence-electron chi connectivity index (χ1n) is 6.60. The van der Waals surface area contributed by atoms with E-state index < -0.39 is 28.3 Å². The predicted octanol–water partition coefficient (Wildman–Crippen LogP) is 1.75. The molecule has 8 heteroatoms.